The molecule has 4 aromatic rings. The lowest BCUT2D eigenvalue weighted by Crippen LogP contribution is -2.49. The topological polar surface area (TPSA) is 119 Å². The fraction of sp³-hybridized carbons (Fsp3) is 0.357. The fourth-order valence-corrected chi connectivity index (χ4v) is 14.0. The van der Waals surface area contributed by atoms with Crippen molar-refractivity contribution in [2.24, 2.45) is 11.8 Å². The first-order valence-corrected chi connectivity index (χ1v) is 20.9. The van der Waals surface area contributed by atoms with Gasteiger partial charge >= 0.3 is 17.9 Å². The summed E-state index contributed by atoms with van der Waals surface area (Å²) in [5.41, 5.74) is -0.0956. The number of carbonyl (C=O) groups excluding carboxylic acids is 2. The molecule has 52 heavy (non-hydrogen) atoms. The van der Waals surface area contributed by atoms with Gasteiger partial charge in [-0.3, -0.25) is 4.79 Å². The number of rotatable bonds is 15. The summed E-state index contributed by atoms with van der Waals surface area (Å²) in [6.45, 7) is 1.56. The zero-order valence-electron chi connectivity index (χ0n) is 29.3. The summed E-state index contributed by atoms with van der Waals surface area (Å²) in [7, 11) is -1.90. The van der Waals surface area contributed by atoms with Crippen molar-refractivity contribution in [3.63, 3.8) is 0 Å². The van der Waals surface area contributed by atoms with E-state index in [0.717, 1.165) is 46.9 Å². The third-order valence-corrected chi connectivity index (χ3v) is 16.1. The van der Waals surface area contributed by atoms with Crippen LogP contribution >= 0.6 is 15.8 Å². The maximum atomic E-state index is 14.1. The molecule has 2 aliphatic rings. The normalized spacial score (nSPS) is 21.8. The lowest BCUT2D eigenvalue weighted by Gasteiger charge is -2.34. The summed E-state index contributed by atoms with van der Waals surface area (Å²) in [5, 5.41) is 26.8. The first-order chi connectivity index (χ1) is 25.4. The van der Waals surface area contributed by atoms with Crippen LogP contribution < -0.4 is 21.2 Å². The van der Waals surface area contributed by atoms with Crippen LogP contribution in [-0.2, 0) is 28.6 Å². The Bertz CT molecular complexity index is 1660. The lowest BCUT2D eigenvalue weighted by molar-refractivity contribution is -0.217. The van der Waals surface area contributed by atoms with E-state index in [0.29, 0.717) is 12.8 Å². The molecule has 6 rings (SSSR count). The van der Waals surface area contributed by atoms with Gasteiger partial charge in [0.05, 0.1) is 12.5 Å². The van der Waals surface area contributed by atoms with E-state index in [1.54, 1.807) is 6.92 Å². The summed E-state index contributed by atoms with van der Waals surface area (Å²) in [6, 6.07) is 40.5. The lowest BCUT2D eigenvalue weighted by atomic mass is 10.1. The Hall–Kier alpha value is -3.93. The predicted molar refractivity (Wildman–Crippen MR) is 205 cm³/mol. The van der Waals surface area contributed by atoms with Crippen LogP contribution in [0.5, 0.6) is 0 Å². The van der Waals surface area contributed by atoms with Crippen LogP contribution in [0.15, 0.2) is 121 Å². The molecule has 0 aromatic heterocycles. The molecule has 0 radical (unpaired) electrons. The molecule has 2 N–H and O–H groups in total. The highest BCUT2D eigenvalue weighted by atomic mass is 31.1. The van der Waals surface area contributed by atoms with Crippen LogP contribution in [0.3, 0.4) is 0 Å². The second-order valence-corrected chi connectivity index (χ2v) is 18.1. The van der Waals surface area contributed by atoms with Crippen LogP contribution in [-0.4, -0.2) is 64.5 Å². The molecule has 10 heteroatoms. The zero-order chi connectivity index (χ0) is 36.5. The summed E-state index contributed by atoms with van der Waals surface area (Å²) in [4.78, 5) is 40.4. The molecule has 272 valence electrons. The molecule has 7 atom stereocenters. The summed E-state index contributed by atoms with van der Waals surface area (Å²) < 4.78 is 17.1. The molecule has 2 fully saturated rings. The minimum absolute atomic E-state index is 0.00191. The van der Waals surface area contributed by atoms with Crippen molar-refractivity contribution in [1.82, 2.24) is 0 Å². The maximum absolute atomic E-state index is 14.1. The highest BCUT2D eigenvalue weighted by Crippen LogP contribution is 2.52. The number of benzene rings is 4. The monoisotopic (exact) mass is 740 g/mol. The Balaban J connectivity index is 1.25. The van der Waals surface area contributed by atoms with Crippen molar-refractivity contribution < 1.29 is 38.8 Å². The van der Waals surface area contributed by atoms with Gasteiger partial charge in [-0.25, -0.2) is 9.59 Å². The highest BCUT2D eigenvalue weighted by Gasteiger charge is 2.48. The molecule has 8 nitrogen and oxygen atoms in total. The SMILES string of the molecule is CCOC(=O)C(OC(O)C1CCCC1P(c1ccccc1)c1ccccc1)C(OC(=O)C1CCCC1P(c1ccccc1)c1ccccc1)C(=O)O. The average Bonchev–Trinajstić information content (AvgIpc) is 3.86. The van der Waals surface area contributed by atoms with Crippen LogP contribution in [0, 0.1) is 11.8 Å². The molecular formula is C42H46O8P2. The Morgan fingerprint density at radius 2 is 1.10 bits per heavy atom. The van der Waals surface area contributed by atoms with Crippen molar-refractivity contribution in [3.05, 3.63) is 121 Å². The van der Waals surface area contributed by atoms with Gasteiger partial charge in [-0.05, 0) is 75.3 Å². The second kappa shape index (κ2) is 18.2. The van der Waals surface area contributed by atoms with Gasteiger partial charge in [0.2, 0.25) is 12.2 Å². The maximum Gasteiger partial charge on any atom is 0.348 e. The Morgan fingerprint density at radius 1 is 0.654 bits per heavy atom. The number of esters is 2. The van der Waals surface area contributed by atoms with Gasteiger partial charge in [-0.1, -0.05) is 134 Å². The number of carboxylic acids is 1. The number of aliphatic carboxylic acids is 1. The van der Waals surface area contributed by atoms with E-state index in [4.69, 9.17) is 14.2 Å². The quantitative estimate of drug-likeness (QED) is 0.0886. The number of aliphatic hydroxyl groups excluding tert-OH is 1. The molecule has 2 saturated carbocycles. The molecular weight excluding hydrogens is 694 g/mol. The molecule has 7 unspecified atom stereocenters. The van der Waals surface area contributed by atoms with Crippen LogP contribution in [0.1, 0.15) is 45.4 Å². The number of carbonyl (C=O) groups is 3. The van der Waals surface area contributed by atoms with Gasteiger partial charge < -0.3 is 24.4 Å². The van der Waals surface area contributed by atoms with Gasteiger partial charge in [-0.15, -0.1) is 0 Å². The van der Waals surface area contributed by atoms with Gasteiger partial charge in [0.1, 0.15) is 0 Å². The van der Waals surface area contributed by atoms with E-state index in [2.05, 4.69) is 48.5 Å². The number of ether oxygens (including phenoxy) is 3. The molecule has 2 aliphatic carbocycles. The van der Waals surface area contributed by atoms with Crippen LogP contribution in [0.25, 0.3) is 0 Å². The molecule has 4 aromatic carbocycles. The molecule has 0 amide bonds. The van der Waals surface area contributed by atoms with Crippen molar-refractivity contribution in [2.45, 2.75) is 75.3 Å². The molecule has 0 bridgehead atoms. The summed E-state index contributed by atoms with van der Waals surface area (Å²) in [5.74, 6) is -4.20. The Labute approximate surface area is 308 Å². The van der Waals surface area contributed by atoms with E-state index < -0.39 is 64.1 Å². The number of carboxylic acid groups (broad SMARTS) is 1. The zero-order valence-corrected chi connectivity index (χ0v) is 31.1. The van der Waals surface area contributed by atoms with E-state index in [9.17, 15) is 24.6 Å². The van der Waals surface area contributed by atoms with Crippen molar-refractivity contribution in [2.75, 3.05) is 6.61 Å². The van der Waals surface area contributed by atoms with E-state index >= 15 is 0 Å². The molecule has 0 saturated heterocycles. The highest BCUT2D eigenvalue weighted by molar-refractivity contribution is 7.74. The predicted octanol–water partition coefficient (Wildman–Crippen LogP) is 5.85. The van der Waals surface area contributed by atoms with E-state index in [1.165, 1.54) is 0 Å². The Morgan fingerprint density at radius 3 is 1.56 bits per heavy atom. The molecule has 0 spiro atoms. The van der Waals surface area contributed by atoms with E-state index in [-0.39, 0.29) is 17.9 Å². The van der Waals surface area contributed by atoms with Crippen LogP contribution in [0.2, 0.25) is 0 Å². The summed E-state index contributed by atoms with van der Waals surface area (Å²) in [6.07, 6.45) is -0.971. The number of hydrogen-bond acceptors (Lipinski definition) is 7. The second-order valence-electron chi connectivity index (χ2n) is 13.2. The van der Waals surface area contributed by atoms with E-state index in [1.807, 2.05) is 72.8 Å². The molecule has 0 heterocycles. The average molecular weight is 741 g/mol. The van der Waals surface area contributed by atoms with Crippen LogP contribution in [0.4, 0.5) is 0 Å². The number of aliphatic hydroxyl groups is 1. The molecule has 0 aliphatic heterocycles. The standard InChI is InChI=1S/C42H46O8P2/c1-2-48-42(47)38(50-41(46)34-26-16-28-36(34)52(31-21-11-5-12-22-31)32-23-13-6-14-24-32)37(39(43)44)49-40(45)33-25-15-27-35(33)51(29-17-7-3-8-18-29)30-19-9-4-10-20-30/h3-14,17-24,33-38,41,46H,2,15-16,25-28H2,1H3,(H,43,44). The van der Waals surface area contributed by atoms with Crippen molar-refractivity contribution in [1.29, 1.82) is 0 Å². The smallest absolute Gasteiger partial charge is 0.348 e. The largest absolute Gasteiger partial charge is 0.478 e. The van der Waals surface area contributed by atoms with Gasteiger partial charge in [0.25, 0.3) is 0 Å². The van der Waals surface area contributed by atoms with Gasteiger partial charge in [0, 0.05) is 11.6 Å². The third kappa shape index (κ3) is 8.81. The summed E-state index contributed by atoms with van der Waals surface area (Å²) >= 11 is 0. The Kier molecular flexibility index (Phi) is 13.2. The fourth-order valence-electron chi connectivity index (χ4n) is 7.75. The first kappa shape index (κ1) is 37.8. The minimum Gasteiger partial charge on any atom is -0.478 e. The third-order valence-electron chi connectivity index (χ3n) is 10.0. The minimum atomic E-state index is -2.01. The van der Waals surface area contributed by atoms with Gasteiger partial charge in [0.15, 0.2) is 6.29 Å². The van der Waals surface area contributed by atoms with Crippen molar-refractivity contribution in [3.8, 4) is 0 Å². The van der Waals surface area contributed by atoms with Crippen molar-refractivity contribution >= 4 is 55.0 Å². The first-order valence-electron chi connectivity index (χ1n) is 18.1. The number of hydrogen-bond donors (Lipinski definition) is 2. The van der Waals surface area contributed by atoms with Gasteiger partial charge in [-0.2, -0.15) is 0 Å².